The molecule has 10 heteroatoms. The van der Waals surface area contributed by atoms with Gasteiger partial charge in [-0.25, -0.2) is 12.8 Å². The van der Waals surface area contributed by atoms with E-state index in [0.717, 1.165) is 23.0 Å². The van der Waals surface area contributed by atoms with Gasteiger partial charge in [0.2, 0.25) is 0 Å². The van der Waals surface area contributed by atoms with Crippen LogP contribution in [-0.4, -0.2) is 29.3 Å². The molecule has 0 fully saturated rings. The lowest BCUT2D eigenvalue weighted by Gasteiger charge is -2.07. The molecule has 1 aromatic heterocycles. The molecule has 0 radical (unpaired) electrons. The summed E-state index contributed by atoms with van der Waals surface area (Å²) in [5.41, 5.74) is 0.0191. The second-order valence-electron chi connectivity index (χ2n) is 4.00. The highest BCUT2D eigenvalue weighted by atomic mass is 35.5. The Morgan fingerprint density at radius 3 is 2.81 bits per heavy atom. The quantitative estimate of drug-likeness (QED) is 0.864. The third-order valence-corrected chi connectivity index (χ3v) is 4.02. The van der Waals surface area contributed by atoms with Gasteiger partial charge in [-0.05, 0) is 18.2 Å². The summed E-state index contributed by atoms with van der Waals surface area (Å²) in [6.07, 6.45) is 2.30. The number of sulfonamides is 1. The van der Waals surface area contributed by atoms with Crippen molar-refractivity contribution in [3.63, 3.8) is 0 Å². The molecule has 21 heavy (non-hydrogen) atoms. The van der Waals surface area contributed by atoms with Crippen molar-refractivity contribution in [3.05, 3.63) is 41.4 Å². The van der Waals surface area contributed by atoms with Crippen molar-refractivity contribution in [3.8, 4) is 0 Å². The van der Waals surface area contributed by atoms with E-state index in [-0.39, 0.29) is 10.7 Å². The molecule has 0 aliphatic carbocycles. The number of carbonyl (C=O) groups is 1. The zero-order valence-electron chi connectivity index (χ0n) is 10.3. The van der Waals surface area contributed by atoms with E-state index in [2.05, 4.69) is 9.82 Å². The Labute approximate surface area is 124 Å². The number of hydrogen-bond acceptors (Lipinski definition) is 4. The maximum atomic E-state index is 13.6. The summed E-state index contributed by atoms with van der Waals surface area (Å²) in [4.78, 5) is 9.93. The van der Waals surface area contributed by atoms with Crippen LogP contribution in [0.15, 0.2) is 35.5 Å². The van der Waals surface area contributed by atoms with Gasteiger partial charge in [-0.3, -0.25) is 14.2 Å². The van der Waals surface area contributed by atoms with Crippen molar-refractivity contribution in [2.24, 2.45) is 0 Å². The lowest BCUT2D eigenvalue weighted by molar-refractivity contribution is -0.137. The minimum atomic E-state index is -4.16. The number of anilines is 1. The standard InChI is InChI=1S/C11H9ClFN3O4S/c12-7-1-2-10(9(13)3-7)21(19,20)15-8-4-14-16(5-8)6-11(17)18/h1-5,15H,6H2,(H,17,18). The second-order valence-corrected chi connectivity index (χ2v) is 6.09. The molecule has 0 amide bonds. The molecule has 0 aliphatic heterocycles. The molecule has 0 atom stereocenters. The highest BCUT2D eigenvalue weighted by molar-refractivity contribution is 7.92. The zero-order valence-corrected chi connectivity index (χ0v) is 11.9. The van der Waals surface area contributed by atoms with E-state index >= 15 is 0 Å². The van der Waals surface area contributed by atoms with Gasteiger partial charge >= 0.3 is 5.97 Å². The number of carboxylic acid groups (broad SMARTS) is 1. The molecule has 2 rings (SSSR count). The third kappa shape index (κ3) is 3.70. The normalized spacial score (nSPS) is 11.3. The van der Waals surface area contributed by atoms with Gasteiger partial charge in [0.1, 0.15) is 17.3 Å². The monoisotopic (exact) mass is 333 g/mol. The number of rotatable bonds is 5. The van der Waals surface area contributed by atoms with Crippen LogP contribution in [0, 0.1) is 5.82 Å². The van der Waals surface area contributed by atoms with Gasteiger partial charge in [0.25, 0.3) is 10.0 Å². The average molecular weight is 334 g/mol. The largest absolute Gasteiger partial charge is 0.480 e. The van der Waals surface area contributed by atoms with Crippen LogP contribution in [0.4, 0.5) is 10.1 Å². The molecular weight excluding hydrogens is 325 g/mol. The van der Waals surface area contributed by atoms with Gasteiger partial charge < -0.3 is 5.11 Å². The second kappa shape index (κ2) is 5.70. The molecule has 0 bridgehead atoms. The van der Waals surface area contributed by atoms with Crippen molar-refractivity contribution in [2.75, 3.05) is 4.72 Å². The number of aliphatic carboxylic acids is 1. The molecule has 2 N–H and O–H groups in total. The smallest absolute Gasteiger partial charge is 0.325 e. The molecule has 2 aromatic rings. The van der Waals surface area contributed by atoms with Gasteiger partial charge in [-0.2, -0.15) is 5.10 Å². The third-order valence-electron chi connectivity index (χ3n) is 2.37. The number of halogens is 2. The fourth-order valence-electron chi connectivity index (χ4n) is 1.54. The Morgan fingerprint density at radius 1 is 1.48 bits per heavy atom. The molecule has 0 unspecified atom stereocenters. The van der Waals surface area contributed by atoms with Gasteiger partial charge in [-0.1, -0.05) is 11.6 Å². The van der Waals surface area contributed by atoms with E-state index < -0.39 is 33.3 Å². The van der Waals surface area contributed by atoms with Crippen LogP contribution < -0.4 is 4.72 Å². The van der Waals surface area contributed by atoms with E-state index in [1.54, 1.807) is 0 Å². The number of benzene rings is 1. The summed E-state index contributed by atoms with van der Waals surface area (Å²) >= 11 is 5.55. The molecular formula is C11H9ClFN3O4S. The van der Waals surface area contributed by atoms with E-state index in [0.29, 0.717) is 0 Å². The van der Waals surface area contributed by atoms with Crippen LogP contribution in [0.1, 0.15) is 0 Å². The first-order valence-electron chi connectivity index (χ1n) is 5.50. The van der Waals surface area contributed by atoms with Gasteiger partial charge in [-0.15, -0.1) is 0 Å². The number of nitrogens with zero attached hydrogens (tertiary/aromatic N) is 2. The summed E-state index contributed by atoms with van der Waals surface area (Å²) in [5.74, 6) is -2.12. The predicted octanol–water partition coefficient (Wildman–Crippen LogP) is 1.56. The van der Waals surface area contributed by atoms with Crippen LogP contribution in [-0.2, 0) is 21.4 Å². The summed E-state index contributed by atoms with van der Waals surface area (Å²) < 4.78 is 40.8. The molecule has 0 aliphatic rings. The number of nitrogens with one attached hydrogen (secondary N) is 1. The predicted molar refractivity (Wildman–Crippen MR) is 72.1 cm³/mol. The van der Waals surface area contributed by atoms with Crippen LogP contribution in [0.5, 0.6) is 0 Å². The molecule has 0 saturated heterocycles. The van der Waals surface area contributed by atoms with Crippen molar-refractivity contribution in [1.29, 1.82) is 0 Å². The highest BCUT2D eigenvalue weighted by Crippen LogP contribution is 2.21. The SMILES string of the molecule is O=C(O)Cn1cc(NS(=O)(=O)c2ccc(Cl)cc2F)cn1. The van der Waals surface area contributed by atoms with Crippen molar-refractivity contribution < 1.29 is 22.7 Å². The summed E-state index contributed by atoms with van der Waals surface area (Å²) in [5, 5.41) is 12.3. The van der Waals surface area contributed by atoms with Crippen molar-refractivity contribution in [1.82, 2.24) is 9.78 Å². The summed E-state index contributed by atoms with van der Waals surface area (Å²) in [6.45, 7) is -0.420. The topological polar surface area (TPSA) is 101 Å². The van der Waals surface area contributed by atoms with Gasteiger partial charge in [0.15, 0.2) is 0 Å². The molecule has 1 heterocycles. The fourth-order valence-corrected chi connectivity index (χ4v) is 2.79. The Bertz CT molecular complexity index is 791. The van der Waals surface area contributed by atoms with E-state index in [4.69, 9.17) is 16.7 Å². The van der Waals surface area contributed by atoms with Crippen LogP contribution in [0.2, 0.25) is 5.02 Å². The highest BCUT2D eigenvalue weighted by Gasteiger charge is 2.20. The Balaban J connectivity index is 2.25. The zero-order chi connectivity index (χ0) is 15.6. The molecule has 112 valence electrons. The Kier molecular flexibility index (Phi) is 4.14. The van der Waals surface area contributed by atoms with E-state index in [1.807, 2.05) is 0 Å². The molecule has 1 aromatic carbocycles. The number of aromatic nitrogens is 2. The number of hydrogen-bond donors (Lipinski definition) is 2. The van der Waals surface area contributed by atoms with E-state index in [1.165, 1.54) is 12.3 Å². The lowest BCUT2D eigenvalue weighted by atomic mass is 10.3. The number of carboxylic acids is 1. The molecule has 0 saturated carbocycles. The van der Waals surface area contributed by atoms with Crippen LogP contribution in [0.3, 0.4) is 0 Å². The Hall–Kier alpha value is -2.13. The fraction of sp³-hybridized carbons (Fsp3) is 0.0909. The average Bonchev–Trinajstić information content (AvgIpc) is 2.73. The lowest BCUT2D eigenvalue weighted by Crippen LogP contribution is -2.14. The first kappa shape index (κ1) is 15.3. The first-order chi connectivity index (χ1) is 9.78. The maximum Gasteiger partial charge on any atom is 0.325 e. The Morgan fingerprint density at radius 2 is 2.19 bits per heavy atom. The van der Waals surface area contributed by atoms with Gasteiger partial charge in [0, 0.05) is 11.2 Å². The molecule has 7 nitrogen and oxygen atoms in total. The maximum absolute atomic E-state index is 13.6. The summed E-state index contributed by atoms with van der Waals surface area (Å²) in [7, 11) is -4.16. The first-order valence-corrected chi connectivity index (χ1v) is 7.36. The molecule has 0 spiro atoms. The van der Waals surface area contributed by atoms with E-state index in [9.17, 15) is 17.6 Å². The van der Waals surface area contributed by atoms with Gasteiger partial charge in [0.05, 0.1) is 11.9 Å². The van der Waals surface area contributed by atoms with Crippen molar-refractivity contribution in [2.45, 2.75) is 11.4 Å². The van der Waals surface area contributed by atoms with Crippen LogP contribution in [0.25, 0.3) is 0 Å². The van der Waals surface area contributed by atoms with Crippen LogP contribution >= 0.6 is 11.6 Å². The summed E-state index contributed by atoms with van der Waals surface area (Å²) in [6, 6.07) is 3.15. The minimum absolute atomic E-state index is 0.0191. The van der Waals surface area contributed by atoms with Crippen molar-refractivity contribution >= 4 is 33.3 Å². The minimum Gasteiger partial charge on any atom is -0.480 e.